The average molecular weight is 379 g/mol. The van der Waals surface area contributed by atoms with Crippen LogP contribution < -0.4 is 4.74 Å². The van der Waals surface area contributed by atoms with E-state index >= 15 is 0 Å². The van der Waals surface area contributed by atoms with Crippen molar-refractivity contribution in [3.8, 4) is 5.75 Å². The molecule has 2 heterocycles. The number of hydrogen-bond donors (Lipinski definition) is 0. The van der Waals surface area contributed by atoms with E-state index in [0.717, 1.165) is 56.9 Å². The van der Waals surface area contributed by atoms with Crippen molar-refractivity contribution in [2.24, 2.45) is 5.41 Å². The summed E-state index contributed by atoms with van der Waals surface area (Å²) in [5.74, 6) is 1.12. The second-order valence-electron chi connectivity index (χ2n) is 8.29. The van der Waals surface area contributed by atoms with Gasteiger partial charge >= 0.3 is 0 Å². The van der Waals surface area contributed by atoms with Crippen LogP contribution in [0.25, 0.3) is 0 Å². The van der Waals surface area contributed by atoms with Gasteiger partial charge in [0.1, 0.15) is 5.75 Å². The zero-order valence-electron chi connectivity index (χ0n) is 16.8. The second kappa shape index (κ2) is 8.36. The fraction of sp³-hybridized carbons (Fsp3) is 0.458. The predicted octanol–water partition coefficient (Wildman–Crippen LogP) is 4.21. The Labute approximate surface area is 168 Å². The highest BCUT2D eigenvalue weighted by Crippen LogP contribution is 2.41. The van der Waals surface area contributed by atoms with Crippen molar-refractivity contribution in [2.75, 3.05) is 33.3 Å². The monoisotopic (exact) mass is 378 g/mol. The molecule has 0 saturated carbocycles. The Kier molecular flexibility index (Phi) is 5.67. The molecule has 28 heavy (non-hydrogen) atoms. The van der Waals surface area contributed by atoms with Crippen LogP contribution >= 0.6 is 0 Å². The summed E-state index contributed by atoms with van der Waals surface area (Å²) in [6.07, 6.45) is 4.76. The average Bonchev–Trinajstić information content (AvgIpc) is 2.76. The lowest BCUT2D eigenvalue weighted by atomic mass is 9.71. The molecule has 0 aromatic heterocycles. The van der Waals surface area contributed by atoms with Gasteiger partial charge in [0.2, 0.25) is 0 Å². The number of rotatable bonds is 4. The van der Waals surface area contributed by atoms with Crippen LogP contribution in [-0.4, -0.2) is 49.0 Å². The molecule has 0 bridgehead atoms. The van der Waals surface area contributed by atoms with Gasteiger partial charge in [0.05, 0.1) is 7.11 Å². The molecule has 4 rings (SSSR count). The van der Waals surface area contributed by atoms with Crippen molar-refractivity contribution < 1.29 is 9.53 Å². The maximum absolute atomic E-state index is 12.7. The number of carbonyl (C=O) groups is 1. The van der Waals surface area contributed by atoms with Crippen LogP contribution in [0, 0.1) is 5.41 Å². The zero-order valence-corrected chi connectivity index (χ0v) is 16.8. The molecule has 4 heteroatoms. The third-order valence-corrected chi connectivity index (χ3v) is 6.59. The Hall–Kier alpha value is -2.33. The molecule has 2 aliphatic rings. The first kappa shape index (κ1) is 19.0. The summed E-state index contributed by atoms with van der Waals surface area (Å²) in [6.45, 7) is 5.06. The largest absolute Gasteiger partial charge is 0.497 e. The van der Waals surface area contributed by atoms with Gasteiger partial charge in [-0.1, -0.05) is 30.3 Å². The van der Waals surface area contributed by atoms with Gasteiger partial charge in [0.25, 0.3) is 5.91 Å². The van der Waals surface area contributed by atoms with Crippen LogP contribution in [-0.2, 0) is 6.54 Å². The van der Waals surface area contributed by atoms with E-state index in [1.807, 2.05) is 41.3 Å². The summed E-state index contributed by atoms with van der Waals surface area (Å²) in [7, 11) is 1.72. The van der Waals surface area contributed by atoms with Gasteiger partial charge in [0, 0.05) is 25.2 Å². The van der Waals surface area contributed by atoms with Crippen LogP contribution in [0.15, 0.2) is 54.6 Å². The van der Waals surface area contributed by atoms with Crippen molar-refractivity contribution >= 4 is 5.91 Å². The Morgan fingerprint density at radius 1 is 0.929 bits per heavy atom. The van der Waals surface area contributed by atoms with Crippen LogP contribution in [0.1, 0.15) is 41.6 Å². The van der Waals surface area contributed by atoms with Crippen molar-refractivity contribution in [2.45, 2.75) is 32.2 Å². The fourth-order valence-electron chi connectivity index (χ4n) is 4.66. The van der Waals surface area contributed by atoms with E-state index in [2.05, 4.69) is 23.1 Å². The summed E-state index contributed by atoms with van der Waals surface area (Å²) in [5.41, 5.74) is 2.56. The summed E-state index contributed by atoms with van der Waals surface area (Å²) >= 11 is 0. The molecule has 2 fully saturated rings. The molecule has 148 valence electrons. The normalized spacial score (nSPS) is 19.5. The number of benzene rings is 2. The van der Waals surface area contributed by atoms with Crippen LogP contribution in [0.5, 0.6) is 5.75 Å². The fourth-order valence-corrected chi connectivity index (χ4v) is 4.66. The molecule has 0 atom stereocenters. The summed E-state index contributed by atoms with van der Waals surface area (Å²) in [4.78, 5) is 17.3. The molecule has 0 N–H and O–H groups in total. The highest BCUT2D eigenvalue weighted by Gasteiger charge is 2.38. The first-order valence-corrected chi connectivity index (χ1v) is 10.4. The molecule has 2 aromatic rings. The van der Waals surface area contributed by atoms with Crippen molar-refractivity contribution in [1.29, 1.82) is 0 Å². The summed E-state index contributed by atoms with van der Waals surface area (Å²) in [6, 6.07) is 18.1. The molecular weight excluding hydrogens is 348 g/mol. The van der Waals surface area contributed by atoms with E-state index in [-0.39, 0.29) is 5.91 Å². The van der Waals surface area contributed by atoms with E-state index < -0.39 is 0 Å². The molecule has 1 spiro atoms. The van der Waals surface area contributed by atoms with Crippen molar-refractivity contribution in [1.82, 2.24) is 9.80 Å². The Bertz CT molecular complexity index is 787. The van der Waals surface area contributed by atoms with Gasteiger partial charge in [-0.25, -0.2) is 0 Å². The lowest BCUT2D eigenvalue weighted by Crippen LogP contribution is -2.48. The molecule has 2 aliphatic heterocycles. The lowest BCUT2D eigenvalue weighted by Gasteiger charge is -2.47. The van der Waals surface area contributed by atoms with Crippen LogP contribution in [0.3, 0.4) is 0 Å². The van der Waals surface area contributed by atoms with E-state index in [1.54, 1.807) is 7.11 Å². The van der Waals surface area contributed by atoms with Gasteiger partial charge in [-0.2, -0.15) is 0 Å². The number of methoxy groups -OCH3 is 1. The van der Waals surface area contributed by atoms with Gasteiger partial charge in [-0.05, 0) is 74.0 Å². The predicted molar refractivity (Wildman–Crippen MR) is 112 cm³/mol. The number of piperidine rings is 2. The smallest absolute Gasteiger partial charge is 0.253 e. The molecule has 0 radical (unpaired) electrons. The minimum Gasteiger partial charge on any atom is -0.497 e. The van der Waals surface area contributed by atoms with E-state index in [4.69, 9.17) is 4.74 Å². The maximum Gasteiger partial charge on any atom is 0.253 e. The van der Waals surface area contributed by atoms with Gasteiger partial charge in [-0.15, -0.1) is 0 Å². The molecule has 1 amide bonds. The Balaban J connectivity index is 1.29. The SMILES string of the molecule is COc1cccc(CN2CCC3(CC2)CCN(C(=O)c2ccccc2)CC3)c1. The molecule has 0 unspecified atom stereocenters. The molecule has 2 aromatic carbocycles. The lowest BCUT2D eigenvalue weighted by molar-refractivity contribution is 0.0285. The second-order valence-corrected chi connectivity index (χ2v) is 8.29. The first-order valence-electron chi connectivity index (χ1n) is 10.4. The Morgan fingerprint density at radius 2 is 1.61 bits per heavy atom. The highest BCUT2D eigenvalue weighted by molar-refractivity contribution is 5.94. The van der Waals surface area contributed by atoms with E-state index in [9.17, 15) is 4.79 Å². The quantitative estimate of drug-likeness (QED) is 0.799. The number of amides is 1. The molecular formula is C24H30N2O2. The van der Waals surface area contributed by atoms with Crippen LogP contribution in [0.2, 0.25) is 0 Å². The molecule has 0 aliphatic carbocycles. The van der Waals surface area contributed by atoms with Crippen molar-refractivity contribution in [3.63, 3.8) is 0 Å². The molecule has 4 nitrogen and oxygen atoms in total. The maximum atomic E-state index is 12.7. The van der Waals surface area contributed by atoms with Gasteiger partial charge in [0.15, 0.2) is 0 Å². The topological polar surface area (TPSA) is 32.8 Å². The number of ether oxygens (including phenoxy) is 1. The number of nitrogens with zero attached hydrogens (tertiary/aromatic N) is 2. The zero-order chi connectivity index (χ0) is 19.4. The number of likely N-dealkylation sites (tertiary alicyclic amines) is 2. The number of hydrogen-bond acceptors (Lipinski definition) is 3. The summed E-state index contributed by atoms with van der Waals surface area (Å²) in [5, 5.41) is 0. The van der Waals surface area contributed by atoms with E-state index in [1.165, 1.54) is 18.4 Å². The standard InChI is InChI=1S/C24H30N2O2/c1-28-22-9-5-6-20(18-22)19-25-14-10-24(11-15-25)12-16-26(17-13-24)23(27)21-7-3-2-4-8-21/h2-9,18H,10-17,19H2,1H3. The van der Waals surface area contributed by atoms with Gasteiger partial charge in [-0.3, -0.25) is 9.69 Å². The summed E-state index contributed by atoms with van der Waals surface area (Å²) < 4.78 is 5.34. The van der Waals surface area contributed by atoms with Crippen molar-refractivity contribution in [3.05, 3.63) is 65.7 Å². The minimum atomic E-state index is 0.186. The third kappa shape index (κ3) is 4.22. The number of carbonyl (C=O) groups excluding carboxylic acids is 1. The van der Waals surface area contributed by atoms with E-state index in [0.29, 0.717) is 5.41 Å². The van der Waals surface area contributed by atoms with Gasteiger partial charge < -0.3 is 9.64 Å². The minimum absolute atomic E-state index is 0.186. The highest BCUT2D eigenvalue weighted by atomic mass is 16.5. The Morgan fingerprint density at radius 3 is 2.29 bits per heavy atom. The first-order chi connectivity index (χ1) is 13.7. The molecule has 2 saturated heterocycles. The van der Waals surface area contributed by atoms with Crippen LogP contribution in [0.4, 0.5) is 0 Å². The third-order valence-electron chi connectivity index (χ3n) is 6.59.